The van der Waals surface area contributed by atoms with Gasteiger partial charge in [-0.05, 0) is 0 Å². The summed E-state index contributed by atoms with van der Waals surface area (Å²) in [7, 11) is 0. The average molecular weight is 306 g/mol. The minimum Gasteiger partial charge on any atom is -0.394 e. The first-order valence-electron chi connectivity index (χ1n) is 3.69. The molecule has 6 nitrogen and oxygen atoms in total. The van der Waals surface area contributed by atoms with E-state index < -0.39 is 37.3 Å². The maximum Gasteiger partial charge on any atom is 0.197 e. The predicted octanol–water partition coefficient (Wildman–Crippen LogP) is -1.85. The highest BCUT2D eigenvalue weighted by atomic mass is 127. The van der Waals surface area contributed by atoms with Crippen LogP contribution in [0.15, 0.2) is 0 Å². The molecule has 0 amide bonds. The van der Waals surface area contributed by atoms with Crippen molar-refractivity contribution in [1.29, 1.82) is 0 Å². The second kappa shape index (κ2) is 4.82. The highest BCUT2D eigenvalue weighted by Gasteiger charge is 2.43. The summed E-state index contributed by atoms with van der Waals surface area (Å²) in [5.41, 5.74) is 0. The molecule has 0 bridgehead atoms. The van der Waals surface area contributed by atoms with Crippen molar-refractivity contribution in [3.63, 3.8) is 0 Å². The third kappa shape index (κ3) is 2.29. The van der Waals surface area contributed by atoms with Gasteiger partial charge in [0.15, 0.2) is 6.29 Å². The van der Waals surface area contributed by atoms with Crippen molar-refractivity contribution in [1.82, 2.24) is 0 Å². The number of hydrogen-bond donors (Lipinski definition) is 4. The largest absolute Gasteiger partial charge is 0.394 e. The van der Waals surface area contributed by atoms with E-state index in [4.69, 9.17) is 9.84 Å². The molecule has 0 radical (unpaired) electrons. The van der Waals surface area contributed by atoms with Gasteiger partial charge in [-0.1, -0.05) is 0 Å². The standard InChI is InChI=1S/C6H11IO6/c7-13-6-5(11)4(10)3(9)2(1-8)12-6/h2-6,8-11H,1H2/t2-,3-,4+,5+,6-/m1/s1. The molecule has 5 atom stereocenters. The molecule has 78 valence electrons. The first-order chi connectivity index (χ1) is 6.11. The smallest absolute Gasteiger partial charge is 0.197 e. The summed E-state index contributed by atoms with van der Waals surface area (Å²) in [5.74, 6) is 0. The van der Waals surface area contributed by atoms with Gasteiger partial charge in [-0.15, -0.1) is 0 Å². The maximum atomic E-state index is 9.27. The van der Waals surface area contributed by atoms with Crippen molar-refractivity contribution in [2.24, 2.45) is 0 Å². The topological polar surface area (TPSA) is 99.4 Å². The normalized spacial score (nSPS) is 46.4. The molecule has 0 aliphatic carbocycles. The quantitative estimate of drug-likeness (QED) is 0.447. The molecule has 0 aromatic rings. The number of hydrogen-bond acceptors (Lipinski definition) is 6. The van der Waals surface area contributed by atoms with E-state index in [1.807, 2.05) is 0 Å². The van der Waals surface area contributed by atoms with Crippen molar-refractivity contribution in [3.05, 3.63) is 0 Å². The van der Waals surface area contributed by atoms with Crippen molar-refractivity contribution >= 4 is 23.0 Å². The molecule has 1 rings (SSSR count). The van der Waals surface area contributed by atoms with Gasteiger partial charge < -0.3 is 25.2 Å². The van der Waals surface area contributed by atoms with Crippen LogP contribution in [0.1, 0.15) is 0 Å². The lowest BCUT2D eigenvalue weighted by atomic mass is 10.00. The molecule has 0 spiro atoms. The van der Waals surface area contributed by atoms with Crippen molar-refractivity contribution in [2.75, 3.05) is 6.61 Å². The van der Waals surface area contributed by atoms with Crippen molar-refractivity contribution in [2.45, 2.75) is 30.7 Å². The van der Waals surface area contributed by atoms with E-state index in [1.165, 1.54) is 23.0 Å². The number of ether oxygens (including phenoxy) is 1. The number of aliphatic hydroxyl groups excluding tert-OH is 4. The van der Waals surface area contributed by atoms with Gasteiger partial charge in [0.1, 0.15) is 47.4 Å². The van der Waals surface area contributed by atoms with E-state index in [0.717, 1.165) is 0 Å². The summed E-state index contributed by atoms with van der Waals surface area (Å²) in [4.78, 5) is 0. The first-order valence-corrected chi connectivity index (χ1v) is 4.57. The minimum atomic E-state index is -1.37. The van der Waals surface area contributed by atoms with Crippen LogP contribution in [0.3, 0.4) is 0 Å². The molecule has 1 heterocycles. The molecule has 0 saturated carbocycles. The van der Waals surface area contributed by atoms with Crippen molar-refractivity contribution < 1.29 is 28.2 Å². The van der Waals surface area contributed by atoms with E-state index >= 15 is 0 Å². The highest BCUT2D eigenvalue weighted by molar-refractivity contribution is 14.1. The number of rotatable bonds is 2. The van der Waals surface area contributed by atoms with E-state index in [-0.39, 0.29) is 0 Å². The van der Waals surface area contributed by atoms with Crippen LogP contribution in [0.4, 0.5) is 0 Å². The molecule has 13 heavy (non-hydrogen) atoms. The van der Waals surface area contributed by atoms with Crippen LogP contribution in [-0.2, 0) is 7.80 Å². The Morgan fingerprint density at radius 3 is 2.23 bits per heavy atom. The van der Waals surface area contributed by atoms with Gasteiger partial charge in [0.2, 0.25) is 0 Å². The Hall–Kier alpha value is 0.490. The Balaban J connectivity index is 2.66. The van der Waals surface area contributed by atoms with E-state index in [9.17, 15) is 15.3 Å². The Labute approximate surface area is 88.8 Å². The molecule has 4 N–H and O–H groups in total. The third-order valence-electron chi connectivity index (χ3n) is 1.94. The lowest BCUT2D eigenvalue weighted by Crippen LogP contribution is -2.58. The fraction of sp³-hybridized carbons (Fsp3) is 1.00. The van der Waals surface area contributed by atoms with Gasteiger partial charge in [-0.2, -0.15) is 0 Å². The lowest BCUT2D eigenvalue weighted by molar-refractivity contribution is -0.269. The predicted molar refractivity (Wildman–Crippen MR) is 48.9 cm³/mol. The molecule has 0 aromatic carbocycles. The van der Waals surface area contributed by atoms with Crippen LogP contribution < -0.4 is 0 Å². The molecular weight excluding hydrogens is 295 g/mol. The summed E-state index contributed by atoms with van der Waals surface area (Å²) < 4.78 is 9.61. The molecule has 1 aliphatic rings. The zero-order valence-corrected chi connectivity index (χ0v) is 8.73. The van der Waals surface area contributed by atoms with Crippen LogP contribution in [0.25, 0.3) is 0 Å². The monoisotopic (exact) mass is 306 g/mol. The highest BCUT2D eigenvalue weighted by Crippen LogP contribution is 2.22. The van der Waals surface area contributed by atoms with E-state index in [1.54, 1.807) is 0 Å². The van der Waals surface area contributed by atoms with Gasteiger partial charge in [-0.3, -0.25) is 3.07 Å². The van der Waals surface area contributed by atoms with Crippen LogP contribution in [0.2, 0.25) is 0 Å². The van der Waals surface area contributed by atoms with Gasteiger partial charge in [-0.25, -0.2) is 0 Å². The summed E-state index contributed by atoms with van der Waals surface area (Å²) >= 11 is 1.51. The van der Waals surface area contributed by atoms with Crippen LogP contribution in [0.5, 0.6) is 0 Å². The third-order valence-corrected chi connectivity index (χ3v) is 2.44. The summed E-state index contributed by atoms with van der Waals surface area (Å²) in [6.07, 6.45) is -5.95. The zero-order chi connectivity index (χ0) is 10.0. The maximum absolute atomic E-state index is 9.27. The minimum absolute atomic E-state index is 0.443. The molecule has 0 aromatic heterocycles. The fourth-order valence-electron chi connectivity index (χ4n) is 1.14. The number of aliphatic hydroxyl groups is 4. The molecular formula is C6H11IO6. The van der Waals surface area contributed by atoms with E-state index in [2.05, 4.69) is 3.07 Å². The van der Waals surface area contributed by atoms with Gasteiger partial charge >= 0.3 is 0 Å². The Kier molecular flexibility index (Phi) is 4.29. The molecule has 7 heteroatoms. The number of halogens is 1. The Morgan fingerprint density at radius 1 is 1.15 bits per heavy atom. The SMILES string of the molecule is OC[C@H]1O[C@H](OI)[C@@H](O)[C@@H](O)[C@@H]1O. The molecule has 1 aliphatic heterocycles. The van der Waals surface area contributed by atoms with E-state index in [0.29, 0.717) is 0 Å². The Bertz CT molecular complexity index is 147. The lowest BCUT2D eigenvalue weighted by Gasteiger charge is -2.38. The van der Waals surface area contributed by atoms with Gasteiger partial charge in [0.05, 0.1) is 6.61 Å². The average Bonchev–Trinajstić information content (AvgIpc) is 2.15. The Morgan fingerprint density at radius 2 is 1.77 bits per heavy atom. The second-order valence-electron chi connectivity index (χ2n) is 2.79. The van der Waals surface area contributed by atoms with Crippen LogP contribution in [-0.4, -0.2) is 57.7 Å². The second-order valence-corrected chi connectivity index (χ2v) is 3.29. The summed E-state index contributed by atoms with van der Waals surface area (Å²) in [5, 5.41) is 36.6. The molecule has 1 saturated heterocycles. The first kappa shape index (κ1) is 11.6. The zero-order valence-electron chi connectivity index (χ0n) is 6.58. The van der Waals surface area contributed by atoms with Crippen LogP contribution >= 0.6 is 23.0 Å². The van der Waals surface area contributed by atoms with Gasteiger partial charge in [0, 0.05) is 0 Å². The van der Waals surface area contributed by atoms with Gasteiger partial charge in [0.25, 0.3) is 0 Å². The molecule has 0 unspecified atom stereocenters. The molecule has 1 fully saturated rings. The fourth-order valence-corrected chi connectivity index (χ4v) is 1.56. The van der Waals surface area contributed by atoms with Crippen LogP contribution in [0, 0.1) is 0 Å². The van der Waals surface area contributed by atoms with Crippen molar-refractivity contribution in [3.8, 4) is 0 Å². The summed E-state index contributed by atoms with van der Waals surface area (Å²) in [6, 6.07) is 0. The summed E-state index contributed by atoms with van der Waals surface area (Å²) in [6.45, 7) is -0.443.